The summed E-state index contributed by atoms with van der Waals surface area (Å²) < 4.78 is 0. The van der Waals surface area contributed by atoms with E-state index in [-0.39, 0.29) is 0 Å². The predicted octanol–water partition coefficient (Wildman–Crippen LogP) is 0.434. The summed E-state index contributed by atoms with van der Waals surface area (Å²) in [5.74, 6) is 0. The van der Waals surface area contributed by atoms with Crippen LogP contribution in [0.4, 0.5) is 0 Å². The molecule has 3 heteroatoms. The second-order valence-electron chi connectivity index (χ2n) is 3.33. The van der Waals surface area contributed by atoms with Gasteiger partial charge in [0.05, 0.1) is 0 Å². The Hall–Kier alpha value is -1.77. The van der Waals surface area contributed by atoms with Gasteiger partial charge < -0.3 is 0 Å². The highest BCUT2D eigenvalue weighted by Gasteiger charge is 1.99. The van der Waals surface area contributed by atoms with E-state index >= 15 is 0 Å². The standard InChI is InChI=1S/C11H9N3/c1-3-8-7-9-4-2-6-13-11(9)14-10(8)12-5-1/h1,3-5,7H,2,6H2. The van der Waals surface area contributed by atoms with Gasteiger partial charge in [-0.1, -0.05) is 6.08 Å². The van der Waals surface area contributed by atoms with Crippen molar-refractivity contribution in [1.29, 1.82) is 0 Å². The van der Waals surface area contributed by atoms with Crippen molar-refractivity contribution < 1.29 is 0 Å². The van der Waals surface area contributed by atoms with Crippen molar-refractivity contribution in [3.05, 3.63) is 35.1 Å². The smallest absolute Gasteiger partial charge is 0.161 e. The summed E-state index contributed by atoms with van der Waals surface area (Å²) in [4.78, 5) is 13.0. The third kappa shape index (κ3) is 1.09. The molecule has 14 heavy (non-hydrogen) atoms. The van der Waals surface area contributed by atoms with Gasteiger partial charge in [-0.25, -0.2) is 9.97 Å². The van der Waals surface area contributed by atoms with Crippen LogP contribution in [0.5, 0.6) is 0 Å². The molecule has 0 aliphatic carbocycles. The van der Waals surface area contributed by atoms with E-state index < -0.39 is 0 Å². The summed E-state index contributed by atoms with van der Waals surface area (Å²) in [6.45, 7) is 0.846. The zero-order valence-electron chi connectivity index (χ0n) is 7.64. The van der Waals surface area contributed by atoms with Crippen molar-refractivity contribution in [2.24, 2.45) is 4.99 Å². The Bertz CT molecular complexity index is 547. The average molecular weight is 183 g/mol. The first-order valence-electron chi connectivity index (χ1n) is 4.70. The fourth-order valence-corrected chi connectivity index (χ4v) is 1.68. The van der Waals surface area contributed by atoms with Crippen molar-refractivity contribution in [2.75, 3.05) is 6.54 Å². The molecule has 0 N–H and O–H groups in total. The molecule has 0 fully saturated rings. The molecular formula is C11H9N3. The molecule has 2 aromatic heterocycles. The minimum atomic E-state index is 0.783. The van der Waals surface area contributed by atoms with Crippen LogP contribution in [0.15, 0.2) is 29.4 Å². The topological polar surface area (TPSA) is 38.1 Å². The molecule has 0 spiro atoms. The molecular weight excluding hydrogens is 174 g/mol. The van der Waals surface area contributed by atoms with Crippen LogP contribution >= 0.6 is 0 Å². The second kappa shape index (κ2) is 2.87. The first kappa shape index (κ1) is 7.62. The van der Waals surface area contributed by atoms with Crippen LogP contribution in [-0.4, -0.2) is 16.5 Å². The number of pyridine rings is 2. The lowest BCUT2D eigenvalue weighted by atomic mass is 10.2. The summed E-state index contributed by atoms with van der Waals surface area (Å²) in [6, 6.07) is 6.06. The normalized spacial score (nSPS) is 14.3. The van der Waals surface area contributed by atoms with Crippen LogP contribution < -0.4 is 10.7 Å². The summed E-state index contributed by atoms with van der Waals surface area (Å²) in [5.41, 5.74) is 1.62. The predicted molar refractivity (Wildman–Crippen MR) is 54.3 cm³/mol. The highest BCUT2D eigenvalue weighted by atomic mass is 14.9. The Labute approximate surface area is 80.8 Å². The van der Waals surface area contributed by atoms with Gasteiger partial charge in [-0.3, -0.25) is 4.99 Å². The molecule has 1 aliphatic rings. The van der Waals surface area contributed by atoms with E-state index in [1.54, 1.807) is 6.20 Å². The average Bonchev–Trinajstić information content (AvgIpc) is 2.26. The monoisotopic (exact) mass is 183 g/mol. The highest BCUT2D eigenvalue weighted by molar-refractivity contribution is 5.73. The Morgan fingerprint density at radius 2 is 2.29 bits per heavy atom. The van der Waals surface area contributed by atoms with E-state index in [0.29, 0.717) is 0 Å². The maximum atomic E-state index is 4.41. The molecule has 68 valence electrons. The fraction of sp³-hybridized carbons (Fsp3) is 0.182. The first-order chi connectivity index (χ1) is 6.93. The molecule has 0 saturated heterocycles. The molecule has 0 unspecified atom stereocenters. The van der Waals surface area contributed by atoms with E-state index in [2.05, 4.69) is 27.1 Å². The first-order valence-corrected chi connectivity index (χ1v) is 4.70. The maximum Gasteiger partial charge on any atom is 0.161 e. The van der Waals surface area contributed by atoms with Gasteiger partial charge in [-0.15, -0.1) is 0 Å². The Balaban J connectivity index is 2.51. The fourth-order valence-electron chi connectivity index (χ4n) is 1.68. The molecule has 1 aliphatic heterocycles. The lowest BCUT2D eigenvalue weighted by Crippen LogP contribution is -2.31. The van der Waals surface area contributed by atoms with Crippen molar-refractivity contribution in [1.82, 2.24) is 9.97 Å². The Morgan fingerprint density at radius 1 is 1.29 bits per heavy atom. The SMILES string of the molecule is C1=c2cc3cccnc3nc2=NCC1. The number of rotatable bonds is 0. The number of hydrogen-bond donors (Lipinski definition) is 0. The third-order valence-electron chi connectivity index (χ3n) is 2.35. The number of hydrogen-bond acceptors (Lipinski definition) is 3. The van der Waals surface area contributed by atoms with Gasteiger partial charge in [-0.2, -0.15) is 0 Å². The second-order valence-corrected chi connectivity index (χ2v) is 3.33. The third-order valence-corrected chi connectivity index (χ3v) is 2.35. The lowest BCUT2D eigenvalue weighted by molar-refractivity contribution is 0.924. The molecule has 3 nitrogen and oxygen atoms in total. The molecule has 0 aromatic carbocycles. The Morgan fingerprint density at radius 3 is 3.29 bits per heavy atom. The van der Waals surface area contributed by atoms with E-state index in [0.717, 1.165) is 34.7 Å². The van der Waals surface area contributed by atoms with E-state index in [1.165, 1.54) is 0 Å². The Kier molecular flexibility index (Phi) is 1.56. The molecule has 0 atom stereocenters. The minimum Gasteiger partial charge on any atom is -0.266 e. The van der Waals surface area contributed by atoms with Crippen molar-refractivity contribution >= 4 is 17.1 Å². The van der Waals surface area contributed by atoms with Crippen molar-refractivity contribution in [3.63, 3.8) is 0 Å². The van der Waals surface area contributed by atoms with E-state index in [9.17, 15) is 0 Å². The number of fused-ring (bicyclic) bond motifs is 2. The molecule has 0 radical (unpaired) electrons. The van der Waals surface area contributed by atoms with Crippen LogP contribution in [0.2, 0.25) is 0 Å². The molecule has 0 bridgehead atoms. The van der Waals surface area contributed by atoms with Crippen LogP contribution in [0.3, 0.4) is 0 Å². The largest absolute Gasteiger partial charge is 0.266 e. The zero-order valence-corrected chi connectivity index (χ0v) is 7.64. The zero-order chi connectivity index (χ0) is 9.38. The van der Waals surface area contributed by atoms with Gasteiger partial charge in [0.15, 0.2) is 11.1 Å². The summed E-state index contributed by atoms with van der Waals surface area (Å²) in [6.07, 6.45) is 4.95. The molecule has 3 rings (SSSR count). The summed E-state index contributed by atoms with van der Waals surface area (Å²) in [5, 5.41) is 2.22. The van der Waals surface area contributed by atoms with Gasteiger partial charge >= 0.3 is 0 Å². The van der Waals surface area contributed by atoms with Crippen LogP contribution in [-0.2, 0) is 0 Å². The van der Waals surface area contributed by atoms with Gasteiger partial charge in [0, 0.05) is 23.3 Å². The molecule has 0 saturated carbocycles. The van der Waals surface area contributed by atoms with E-state index in [4.69, 9.17) is 0 Å². The summed E-state index contributed by atoms with van der Waals surface area (Å²) >= 11 is 0. The van der Waals surface area contributed by atoms with Gasteiger partial charge in [-0.05, 0) is 24.6 Å². The summed E-state index contributed by atoms with van der Waals surface area (Å²) in [7, 11) is 0. The van der Waals surface area contributed by atoms with Gasteiger partial charge in [0.25, 0.3) is 0 Å². The lowest BCUT2D eigenvalue weighted by Gasteiger charge is -2.00. The van der Waals surface area contributed by atoms with Gasteiger partial charge in [0.1, 0.15) is 0 Å². The van der Waals surface area contributed by atoms with Crippen LogP contribution in [0.25, 0.3) is 17.1 Å². The minimum absolute atomic E-state index is 0.783. The highest BCUT2D eigenvalue weighted by Crippen LogP contribution is 2.02. The molecule has 2 aromatic rings. The van der Waals surface area contributed by atoms with E-state index in [1.807, 2.05) is 12.1 Å². The van der Waals surface area contributed by atoms with Crippen LogP contribution in [0, 0.1) is 0 Å². The quantitative estimate of drug-likeness (QED) is 0.594. The van der Waals surface area contributed by atoms with Gasteiger partial charge in [0.2, 0.25) is 0 Å². The maximum absolute atomic E-state index is 4.41. The van der Waals surface area contributed by atoms with Crippen LogP contribution in [0.1, 0.15) is 6.42 Å². The molecule has 0 amide bonds. The molecule has 3 heterocycles. The number of nitrogens with zero attached hydrogens (tertiary/aromatic N) is 3. The van der Waals surface area contributed by atoms with Crippen molar-refractivity contribution in [2.45, 2.75) is 6.42 Å². The number of aromatic nitrogens is 2. The van der Waals surface area contributed by atoms with Crippen molar-refractivity contribution in [3.8, 4) is 0 Å².